The molecule has 0 spiro atoms. The van der Waals surface area contributed by atoms with Crippen LogP contribution in [-0.2, 0) is 29.3 Å². The third-order valence-corrected chi connectivity index (χ3v) is 7.86. The number of rotatable bonds is 7. The van der Waals surface area contributed by atoms with Crippen molar-refractivity contribution in [2.75, 3.05) is 32.4 Å². The van der Waals surface area contributed by atoms with Crippen LogP contribution in [0.4, 0.5) is 13.2 Å². The van der Waals surface area contributed by atoms with Gasteiger partial charge in [-0.3, -0.25) is 4.90 Å². The molecule has 194 valence electrons. The molecule has 5 rings (SSSR count). The summed E-state index contributed by atoms with van der Waals surface area (Å²) in [5.74, 6) is -0.0214. The lowest BCUT2D eigenvalue weighted by molar-refractivity contribution is -0.137. The van der Waals surface area contributed by atoms with Crippen LogP contribution in [0.1, 0.15) is 24.0 Å². The van der Waals surface area contributed by atoms with Crippen molar-refractivity contribution in [1.29, 1.82) is 0 Å². The van der Waals surface area contributed by atoms with E-state index in [1.165, 1.54) is 27.3 Å². The van der Waals surface area contributed by atoms with Gasteiger partial charge in [0.1, 0.15) is 16.8 Å². The van der Waals surface area contributed by atoms with Crippen molar-refractivity contribution in [3.05, 3.63) is 40.5 Å². The zero-order chi connectivity index (χ0) is 25.7. The fraction of sp³-hybridized carbons (Fsp3) is 0.500. The van der Waals surface area contributed by atoms with Crippen LogP contribution in [-0.4, -0.2) is 70.0 Å². The molecule has 2 aromatic heterocycles. The predicted octanol–water partition coefficient (Wildman–Crippen LogP) is 3.78. The first-order valence-corrected chi connectivity index (χ1v) is 13.6. The summed E-state index contributed by atoms with van der Waals surface area (Å²) in [6.45, 7) is 2.33. The van der Waals surface area contributed by atoms with Crippen molar-refractivity contribution in [3.8, 4) is 11.6 Å². The average molecular weight is 545 g/mol. The van der Waals surface area contributed by atoms with Gasteiger partial charge in [0.2, 0.25) is 15.9 Å². The molecule has 0 radical (unpaired) electrons. The molecule has 3 aromatic rings. The van der Waals surface area contributed by atoms with E-state index in [0.29, 0.717) is 54.7 Å². The summed E-state index contributed by atoms with van der Waals surface area (Å²) >= 11 is 6.13. The third-order valence-electron chi connectivity index (χ3n) is 6.35. The second-order valence-corrected chi connectivity index (χ2v) is 11.6. The second-order valence-electron chi connectivity index (χ2n) is 9.18. The predicted molar refractivity (Wildman–Crippen MR) is 126 cm³/mol. The van der Waals surface area contributed by atoms with E-state index in [1.54, 1.807) is 6.07 Å². The van der Waals surface area contributed by atoms with Gasteiger partial charge in [0.05, 0.1) is 16.8 Å². The number of sulfonamides is 1. The van der Waals surface area contributed by atoms with Gasteiger partial charge in [-0.05, 0) is 37.0 Å². The minimum atomic E-state index is -4.73. The highest BCUT2D eigenvalue weighted by molar-refractivity contribution is 7.88. The summed E-state index contributed by atoms with van der Waals surface area (Å²) < 4.78 is 74.7. The van der Waals surface area contributed by atoms with Crippen LogP contribution in [0.3, 0.4) is 0 Å². The van der Waals surface area contributed by atoms with Crippen LogP contribution >= 0.6 is 11.6 Å². The second kappa shape index (κ2) is 9.43. The Kier molecular flexibility index (Phi) is 6.60. The maximum atomic E-state index is 14.2. The highest BCUT2D eigenvalue weighted by Crippen LogP contribution is 2.43. The van der Waals surface area contributed by atoms with Gasteiger partial charge in [-0.2, -0.15) is 17.5 Å². The van der Waals surface area contributed by atoms with E-state index >= 15 is 0 Å². The minimum Gasteiger partial charge on any atom is -0.438 e. The molecule has 0 N–H and O–H groups in total. The molecule has 36 heavy (non-hydrogen) atoms. The van der Waals surface area contributed by atoms with E-state index in [-0.39, 0.29) is 17.9 Å². The molecule has 0 unspecified atom stereocenters. The Hall–Kier alpha value is -2.48. The molecule has 0 atom stereocenters. The van der Waals surface area contributed by atoms with Crippen LogP contribution in [0.5, 0.6) is 11.6 Å². The molecule has 0 bridgehead atoms. The Bertz CT molecular complexity index is 1390. The number of aromatic nitrogens is 4. The highest BCUT2D eigenvalue weighted by atomic mass is 35.5. The van der Waals surface area contributed by atoms with Crippen molar-refractivity contribution < 1.29 is 26.3 Å². The number of benzene rings is 1. The Balaban J connectivity index is 1.43. The van der Waals surface area contributed by atoms with E-state index in [0.717, 1.165) is 19.1 Å². The Morgan fingerprint density at radius 2 is 1.89 bits per heavy atom. The number of hydrogen-bond acceptors (Lipinski definition) is 7. The van der Waals surface area contributed by atoms with Crippen LogP contribution in [0.2, 0.25) is 5.02 Å². The number of hydrogen-bond donors (Lipinski definition) is 0. The van der Waals surface area contributed by atoms with Crippen LogP contribution in [0.25, 0.3) is 11.0 Å². The number of alkyl halides is 3. The van der Waals surface area contributed by atoms with Gasteiger partial charge < -0.3 is 4.74 Å². The minimum absolute atomic E-state index is 0.0137. The van der Waals surface area contributed by atoms with Crippen LogP contribution in [0.15, 0.2) is 24.4 Å². The lowest BCUT2D eigenvalue weighted by Gasteiger charge is -2.33. The molecule has 2 fully saturated rings. The highest BCUT2D eigenvalue weighted by Gasteiger charge is 2.39. The molecule has 0 amide bonds. The van der Waals surface area contributed by atoms with Gasteiger partial charge in [0, 0.05) is 51.0 Å². The van der Waals surface area contributed by atoms with Crippen molar-refractivity contribution in [2.45, 2.75) is 32.1 Å². The molecule has 2 aliphatic rings. The number of ether oxygens (including phenoxy) is 1. The smallest absolute Gasteiger partial charge is 0.422 e. The zero-order valence-electron chi connectivity index (χ0n) is 19.4. The summed E-state index contributed by atoms with van der Waals surface area (Å²) in [6.07, 6.45) is -0.204. The number of fused-ring (bicyclic) bond motifs is 1. The Morgan fingerprint density at radius 3 is 2.53 bits per heavy atom. The summed E-state index contributed by atoms with van der Waals surface area (Å²) in [4.78, 5) is 6.13. The number of nitrogens with zero attached hydrogens (tertiary/aromatic N) is 6. The molecule has 3 heterocycles. The van der Waals surface area contributed by atoms with E-state index in [1.807, 2.05) is 4.90 Å². The molecule has 1 saturated carbocycles. The quantitative estimate of drug-likeness (QED) is 0.447. The number of pyridine rings is 1. The largest absolute Gasteiger partial charge is 0.438 e. The summed E-state index contributed by atoms with van der Waals surface area (Å²) in [5.41, 5.74) is -0.491. The monoisotopic (exact) mass is 544 g/mol. The molecular weight excluding hydrogens is 521 g/mol. The summed E-state index contributed by atoms with van der Waals surface area (Å²) in [7, 11) is -3.29. The van der Waals surface area contributed by atoms with Crippen molar-refractivity contribution >= 4 is 32.7 Å². The molecule has 1 saturated heterocycles. The fourth-order valence-electron chi connectivity index (χ4n) is 4.30. The van der Waals surface area contributed by atoms with E-state index in [9.17, 15) is 21.6 Å². The molecule has 1 aliphatic heterocycles. The van der Waals surface area contributed by atoms with Crippen molar-refractivity contribution in [3.63, 3.8) is 0 Å². The SMILES string of the molecule is CS(=O)(=O)N1CCN(Cc2cc(Cl)cnc2Oc2ccc3c(nnn3CC3CC3)c2C(F)(F)F)CC1. The van der Waals surface area contributed by atoms with Crippen molar-refractivity contribution in [1.82, 2.24) is 29.2 Å². The zero-order valence-corrected chi connectivity index (χ0v) is 20.9. The maximum absolute atomic E-state index is 14.2. The maximum Gasteiger partial charge on any atom is 0.422 e. The molecular formula is C22H24ClF3N6O3S. The topological polar surface area (TPSA) is 93.5 Å². The van der Waals surface area contributed by atoms with E-state index in [2.05, 4.69) is 15.3 Å². The van der Waals surface area contributed by atoms with Gasteiger partial charge in [0.25, 0.3) is 0 Å². The lowest BCUT2D eigenvalue weighted by Crippen LogP contribution is -2.47. The molecule has 14 heteroatoms. The van der Waals surface area contributed by atoms with Crippen LogP contribution < -0.4 is 4.74 Å². The lowest BCUT2D eigenvalue weighted by atomic mass is 10.1. The first kappa shape index (κ1) is 25.2. The first-order valence-electron chi connectivity index (χ1n) is 11.4. The van der Waals surface area contributed by atoms with Gasteiger partial charge >= 0.3 is 6.18 Å². The average Bonchev–Trinajstić information content (AvgIpc) is 3.53. The summed E-state index contributed by atoms with van der Waals surface area (Å²) in [6, 6.07) is 4.38. The fourth-order valence-corrected chi connectivity index (χ4v) is 5.30. The van der Waals surface area contributed by atoms with Gasteiger partial charge in [-0.1, -0.05) is 16.8 Å². The molecule has 1 aliphatic carbocycles. The number of halogens is 4. The third kappa shape index (κ3) is 5.43. The first-order chi connectivity index (χ1) is 17.0. The van der Waals surface area contributed by atoms with Gasteiger partial charge in [-0.15, -0.1) is 5.10 Å². The summed E-state index contributed by atoms with van der Waals surface area (Å²) in [5, 5.41) is 8.09. The standard InChI is InChI=1S/C22H24ClF3N6O3S/c1-36(33,34)31-8-6-30(7-9-31)13-15-10-16(23)11-27-21(15)35-18-5-4-17-20(19(18)22(24,25)26)28-29-32(17)12-14-2-3-14/h4-5,10-11,14H,2-3,6-9,12-13H2,1H3. The Morgan fingerprint density at radius 1 is 1.17 bits per heavy atom. The van der Waals surface area contributed by atoms with Crippen molar-refractivity contribution in [2.24, 2.45) is 5.92 Å². The van der Waals surface area contributed by atoms with Gasteiger partial charge in [0.15, 0.2) is 0 Å². The molecule has 1 aromatic carbocycles. The van der Waals surface area contributed by atoms with Gasteiger partial charge in [-0.25, -0.2) is 18.1 Å². The molecule has 9 nitrogen and oxygen atoms in total. The van der Waals surface area contributed by atoms with E-state index in [4.69, 9.17) is 16.3 Å². The number of piperazine rings is 1. The normalized spacial score (nSPS) is 18.1. The Labute approximate surface area is 210 Å². The van der Waals surface area contributed by atoms with E-state index < -0.39 is 27.5 Å². The van der Waals surface area contributed by atoms with Crippen LogP contribution in [0, 0.1) is 5.92 Å².